The highest BCUT2D eigenvalue weighted by atomic mass is 16.5. The van der Waals surface area contributed by atoms with Crippen molar-refractivity contribution in [2.75, 3.05) is 23.9 Å². The van der Waals surface area contributed by atoms with Gasteiger partial charge in [-0.2, -0.15) is 0 Å². The molecule has 0 saturated carbocycles. The number of anilines is 2. The fraction of sp³-hybridized carbons (Fsp3) is 0.389. The number of rotatable bonds is 5. The van der Waals surface area contributed by atoms with E-state index in [1.54, 1.807) is 25.0 Å². The molecule has 2 aromatic rings. The molecular formula is C18H21N3O4. The number of nitrogens with zero attached hydrogens (tertiary/aromatic N) is 2. The number of carbonyl (C=O) groups excluding carboxylic acids is 2. The second kappa shape index (κ2) is 6.96. The van der Waals surface area contributed by atoms with Crippen LogP contribution in [0.5, 0.6) is 5.75 Å². The largest absolute Gasteiger partial charge is 0.495 e. The summed E-state index contributed by atoms with van der Waals surface area (Å²) in [7, 11) is 1.56. The molecule has 1 aliphatic rings. The van der Waals surface area contributed by atoms with Crippen molar-refractivity contribution in [2.45, 2.75) is 26.7 Å². The van der Waals surface area contributed by atoms with Gasteiger partial charge in [0.25, 0.3) is 0 Å². The first-order valence-corrected chi connectivity index (χ1v) is 8.24. The molecule has 1 atom stereocenters. The van der Waals surface area contributed by atoms with E-state index < -0.39 is 5.92 Å². The maximum absolute atomic E-state index is 12.6. The van der Waals surface area contributed by atoms with Gasteiger partial charge in [-0.25, -0.2) is 0 Å². The van der Waals surface area contributed by atoms with E-state index in [0.717, 1.165) is 0 Å². The SMILES string of the molecule is CCc1onc(C)c1NC(=O)[C@@H]1CC(=O)N(c2ccccc2OC)C1. The number of ether oxygens (including phenoxy) is 1. The standard InChI is InChI=1S/C18H21N3O4/c1-4-14-17(11(2)20-25-14)19-18(23)12-9-16(22)21(10-12)13-7-5-6-8-15(13)24-3/h5-8,12H,4,9-10H2,1-3H3,(H,19,23)/t12-/m1/s1. The third-order valence-electron chi connectivity index (χ3n) is 4.37. The molecule has 0 aliphatic carbocycles. The van der Waals surface area contributed by atoms with Crippen molar-refractivity contribution >= 4 is 23.2 Å². The van der Waals surface area contributed by atoms with Crippen LogP contribution < -0.4 is 15.0 Å². The molecule has 25 heavy (non-hydrogen) atoms. The van der Waals surface area contributed by atoms with Crippen LogP contribution in [-0.2, 0) is 16.0 Å². The monoisotopic (exact) mass is 343 g/mol. The van der Waals surface area contributed by atoms with Crippen molar-refractivity contribution in [1.29, 1.82) is 0 Å². The third kappa shape index (κ3) is 3.22. The highest BCUT2D eigenvalue weighted by Gasteiger charge is 2.36. The topological polar surface area (TPSA) is 84.7 Å². The van der Waals surface area contributed by atoms with E-state index in [0.29, 0.717) is 41.5 Å². The normalized spacial score (nSPS) is 17.0. The number of aromatic nitrogens is 1. The van der Waals surface area contributed by atoms with Crippen LogP contribution >= 0.6 is 0 Å². The average molecular weight is 343 g/mol. The van der Waals surface area contributed by atoms with Crippen LogP contribution in [0.15, 0.2) is 28.8 Å². The third-order valence-corrected chi connectivity index (χ3v) is 4.37. The molecule has 2 heterocycles. The van der Waals surface area contributed by atoms with E-state index in [-0.39, 0.29) is 18.2 Å². The highest BCUT2D eigenvalue weighted by Crippen LogP contribution is 2.33. The molecule has 3 rings (SSSR count). The Morgan fingerprint density at radius 2 is 2.20 bits per heavy atom. The Morgan fingerprint density at radius 3 is 2.92 bits per heavy atom. The van der Waals surface area contributed by atoms with Crippen molar-refractivity contribution in [1.82, 2.24) is 5.16 Å². The van der Waals surface area contributed by atoms with Gasteiger partial charge in [0.15, 0.2) is 5.76 Å². The molecule has 0 unspecified atom stereocenters. The lowest BCUT2D eigenvalue weighted by atomic mass is 10.1. The molecule has 1 N–H and O–H groups in total. The predicted molar refractivity (Wildman–Crippen MR) is 92.7 cm³/mol. The number of hydrogen-bond donors (Lipinski definition) is 1. The summed E-state index contributed by atoms with van der Waals surface area (Å²) in [6.45, 7) is 4.02. The van der Waals surface area contributed by atoms with Gasteiger partial charge >= 0.3 is 0 Å². The number of methoxy groups -OCH3 is 1. The fourth-order valence-corrected chi connectivity index (χ4v) is 3.01. The second-order valence-corrected chi connectivity index (χ2v) is 5.99. The van der Waals surface area contributed by atoms with Gasteiger partial charge in [0.1, 0.15) is 17.1 Å². The first kappa shape index (κ1) is 17.0. The maximum Gasteiger partial charge on any atom is 0.229 e. The number of amides is 2. The Labute approximate surface area is 145 Å². The van der Waals surface area contributed by atoms with Crippen LogP contribution in [0.4, 0.5) is 11.4 Å². The lowest BCUT2D eigenvalue weighted by Gasteiger charge is -2.19. The number of hydrogen-bond acceptors (Lipinski definition) is 5. The number of benzene rings is 1. The Kier molecular flexibility index (Phi) is 4.74. The van der Waals surface area contributed by atoms with E-state index in [2.05, 4.69) is 10.5 Å². The Hall–Kier alpha value is -2.83. The van der Waals surface area contributed by atoms with Gasteiger partial charge in [-0.05, 0) is 19.1 Å². The van der Waals surface area contributed by atoms with E-state index in [1.165, 1.54) is 0 Å². The van der Waals surface area contributed by atoms with Crippen molar-refractivity contribution in [3.8, 4) is 5.75 Å². The zero-order chi connectivity index (χ0) is 18.0. The molecule has 1 aromatic heterocycles. The van der Waals surface area contributed by atoms with E-state index >= 15 is 0 Å². The van der Waals surface area contributed by atoms with Crippen molar-refractivity contribution in [3.63, 3.8) is 0 Å². The number of para-hydroxylation sites is 2. The van der Waals surface area contributed by atoms with Gasteiger partial charge in [-0.15, -0.1) is 0 Å². The van der Waals surface area contributed by atoms with Crippen LogP contribution in [-0.4, -0.2) is 30.6 Å². The zero-order valence-electron chi connectivity index (χ0n) is 14.5. The van der Waals surface area contributed by atoms with Crippen molar-refractivity contribution in [2.24, 2.45) is 5.92 Å². The molecule has 0 radical (unpaired) electrons. The molecule has 2 amide bonds. The summed E-state index contributed by atoms with van der Waals surface area (Å²) in [4.78, 5) is 26.6. The average Bonchev–Trinajstić information content (AvgIpc) is 3.18. The van der Waals surface area contributed by atoms with E-state index in [9.17, 15) is 9.59 Å². The number of carbonyl (C=O) groups is 2. The maximum atomic E-state index is 12.6. The summed E-state index contributed by atoms with van der Waals surface area (Å²) >= 11 is 0. The molecule has 132 valence electrons. The fourth-order valence-electron chi connectivity index (χ4n) is 3.01. The number of aryl methyl sites for hydroxylation is 2. The molecule has 0 spiro atoms. The molecule has 1 aliphatic heterocycles. The van der Waals surface area contributed by atoms with E-state index in [4.69, 9.17) is 9.26 Å². The lowest BCUT2D eigenvalue weighted by molar-refractivity contribution is -0.122. The number of nitrogens with one attached hydrogen (secondary N) is 1. The van der Waals surface area contributed by atoms with Gasteiger partial charge in [-0.1, -0.05) is 24.2 Å². The molecular weight excluding hydrogens is 322 g/mol. The minimum absolute atomic E-state index is 0.0950. The highest BCUT2D eigenvalue weighted by molar-refractivity contribution is 6.04. The van der Waals surface area contributed by atoms with Gasteiger partial charge in [0.2, 0.25) is 11.8 Å². The van der Waals surface area contributed by atoms with Crippen LogP contribution in [0.3, 0.4) is 0 Å². The molecule has 7 heteroatoms. The first-order valence-electron chi connectivity index (χ1n) is 8.24. The predicted octanol–water partition coefficient (Wildman–Crippen LogP) is 2.55. The smallest absolute Gasteiger partial charge is 0.229 e. The Morgan fingerprint density at radius 1 is 1.44 bits per heavy atom. The molecule has 1 aromatic carbocycles. The molecule has 1 fully saturated rings. The Bertz CT molecular complexity index is 799. The molecule has 1 saturated heterocycles. The summed E-state index contributed by atoms with van der Waals surface area (Å²) in [5.41, 5.74) is 1.92. The summed E-state index contributed by atoms with van der Waals surface area (Å²) in [6.07, 6.45) is 0.795. The van der Waals surface area contributed by atoms with Crippen molar-refractivity contribution in [3.05, 3.63) is 35.7 Å². The van der Waals surface area contributed by atoms with Crippen LogP contribution in [0, 0.1) is 12.8 Å². The summed E-state index contributed by atoms with van der Waals surface area (Å²) in [5.74, 6) is 0.516. The quantitative estimate of drug-likeness (QED) is 0.902. The summed E-state index contributed by atoms with van der Waals surface area (Å²) in [6, 6.07) is 7.29. The van der Waals surface area contributed by atoms with Gasteiger partial charge in [-0.3, -0.25) is 9.59 Å². The van der Waals surface area contributed by atoms with Crippen LogP contribution in [0.25, 0.3) is 0 Å². The second-order valence-electron chi connectivity index (χ2n) is 5.99. The molecule has 0 bridgehead atoms. The van der Waals surface area contributed by atoms with Crippen molar-refractivity contribution < 1.29 is 18.8 Å². The van der Waals surface area contributed by atoms with Crippen LogP contribution in [0.2, 0.25) is 0 Å². The Balaban J connectivity index is 1.76. The van der Waals surface area contributed by atoms with Gasteiger partial charge in [0, 0.05) is 19.4 Å². The first-order chi connectivity index (χ1) is 12.0. The zero-order valence-corrected chi connectivity index (χ0v) is 14.5. The van der Waals surface area contributed by atoms with E-state index in [1.807, 2.05) is 25.1 Å². The van der Waals surface area contributed by atoms with Crippen LogP contribution in [0.1, 0.15) is 24.8 Å². The lowest BCUT2D eigenvalue weighted by Crippen LogP contribution is -2.28. The summed E-state index contributed by atoms with van der Waals surface area (Å²) in [5, 5.41) is 6.75. The molecule has 7 nitrogen and oxygen atoms in total. The van der Waals surface area contributed by atoms with Gasteiger partial charge < -0.3 is 19.5 Å². The minimum Gasteiger partial charge on any atom is -0.495 e. The van der Waals surface area contributed by atoms with Gasteiger partial charge in [0.05, 0.1) is 18.7 Å². The summed E-state index contributed by atoms with van der Waals surface area (Å²) < 4.78 is 10.5. The minimum atomic E-state index is -0.434.